The maximum absolute atomic E-state index is 13.4. The Morgan fingerprint density at radius 1 is 1.15 bits per heavy atom. The van der Waals surface area contributed by atoms with Gasteiger partial charge in [-0.25, -0.2) is 4.68 Å². The molecule has 0 bridgehead atoms. The van der Waals surface area contributed by atoms with Crippen LogP contribution in [0.25, 0.3) is 5.69 Å². The molecule has 1 N–H and O–H groups in total. The molecule has 9 heteroatoms. The first-order valence-electron chi connectivity index (χ1n) is 14.9. The first-order valence-corrected chi connectivity index (χ1v) is 14.9. The van der Waals surface area contributed by atoms with Crippen LogP contribution in [0.5, 0.6) is 5.75 Å². The van der Waals surface area contributed by atoms with E-state index in [9.17, 15) is 4.79 Å². The maximum Gasteiger partial charge on any atom is 0.227 e. The van der Waals surface area contributed by atoms with Crippen molar-refractivity contribution in [2.75, 3.05) is 66.8 Å². The summed E-state index contributed by atoms with van der Waals surface area (Å²) in [4.78, 5) is 18.0. The zero-order valence-corrected chi connectivity index (χ0v) is 25.2. The van der Waals surface area contributed by atoms with Crippen molar-refractivity contribution in [2.24, 2.45) is 11.8 Å². The predicted octanol–water partition coefficient (Wildman–Crippen LogP) is 3.45. The van der Waals surface area contributed by atoms with Gasteiger partial charge in [-0.05, 0) is 62.8 Å². The van der Waals surface area contributed by atoms with Crippen LogP contribution in [-0.2, 0) is 27.2 Å². The molecular weight excluding hydrogens is 506 g/mol. The number of ether oxygens (including phenoxy) is 3. The summed E-state index contributed by atoms with van der Waals surface area (Å²) in [5.41, 5.74) is 4.67. The van der Waals surface area contributed by atoms with E-state index in [0.717, 1.165) is 75.6 Å². The van der Waals surface area contributed by atoms with Crippen molar-refractivity contribution in [1.29, 1.82) is 0 Å². The molecule has 0 unspecified atom stereocenters. The van der Waals surface area contributed by atoms with Gasteiger partial charge in [0.1, 0.15) is 5.75 Å². The van der Waals surface area contributed by atoms with Gasteiger partial charge < -0.3 is 24.4 Å². The number of hydrogen-bond acceptors (Lipinski definition) is 7. The Labute approximate surface area is 240 Å². The van der Waals surface area contributed by atoms with E-state index >= 15 is 0 Å². The number of piperidine rings is 1. The monoisotopic (exact) mass is 555 g/mol. The first-order chi connectivity index (χ1) is 19.4. The van der Waals surface area contributed by atoms with Crippen molar-refractivity contribution in [3.63, 3.8) is 0 Å². The standard InChI is InChI=1S/C31H49N5O4/c1-23(2)21-35(27-18-25(19-32-20-27)31(37)34-13-16-40-17-14-34)22-29-24(3)33-36(30(29)8-6-7-15-38-4)26-9-11-28(39-5)12-10-26/h9-12,23,25,27,32H,6-8,13-22H2,1-5H3/t25-,27+/m1/s1. The zero-order chi connectivity index (χ0) is 28.5. The van der Waals surface area contributed by atoms with Crippen LogP contribution in [0.4, 0.5) is 0 Å². The van der Waals surface area contributed by atoms with Crippen LogP contribution < -0.4 is 10.1 Å². The van der Waals surface area contributed by atoms with E-state index in [1.807, 2.05) is 17.0 Å². The molecule has 2 saturated heterocycles. The van der Waals surface area contributed by atoms with Gasteiger partial charge >= 0.3 is 0 Å². The van der Waals surface area contributed by atoms with Crippen LogP contribution in [0.3, 0.4) is 0 Å². The smallest absolute Gasteiger partial charge is 0.227 e. The molecular formula is C31H49N5O4. The van der Waals surface area contributed by atoms with Gasteiger partial charge in [-0.15, -0.1) is 0 Å². The van der Waals surface area contributed by atoms with E-state index in [-0.39, 0.29) is 17.9 Å². The largest absolute Gasteiger partial charge is 0.497 e. The van der Waals surface area contributed by atoms with E-state index in [1.165, 1.54) is 11.3 Å². The average Bonchev–Trinajstić information content (AvgIpc) is 3.29. The number of morpholine rings is 1. The highest BCUT2D eigenvalue weighted by Gasteiger charge is 2.34. The molecule has 40 heavy (non-hydrogen) atoms. The number of rotatable bonds is 13. The van der Waals surface area contributed by atoms with Gasteiger partial charge in [-0.1, -0.05) is 13.8 Å². The summed E-state index contributed by atoms with van der Waals surface area (Å²) in [6.07, 6.45) is 3.86. The molecule has 2 aliphatic heterocycles. The minimum Gasteiger partial charge on any atom is -0.497 e. The Balaban J connectivity index is 1.58. The third-order valence-corrected chi connectivity index (χ3v) is 8.10. The van der Waals surface area contributed by atoms with Crippen molar-refractivity contribution in [3.05, 3.63) is 41.2 Å². The fraction of sp³-hybridized carbons (Fsp3) is 0.677. The second-order valence-corrected chi connectivity index (χ2v) is 11.6. The molecule has 0 spiro atoms. The molecule has 0 aliphatic carbocycles. The fourth-order valence-electron chi connectivity index (χ4n) is 5.99. The summed E-state index contributed by atoms with van der Waals surface area (Å²) in [5.74, 6) is 1.62. The van der Waals surface area contributed by atoms with Crippen LogP contribution in [0.2, 0.25) is 0 Å². The lowest BCUT2D eigenvalue weighted by molar-refractivity contribution is -0.140. The number of benzene rings is 1. The van der Waals surface area contributed by atoms with Crippen LogP contribution >= 0.6 is 0 Å². The second kappa shape index (κ2) is 15.0. The van der Waals surface area contributed by atoms with Gasteiger partial charge in [-0.2, -0.15) is 5.10 Å². The van der Waals surface area contributed by atoms with E-state index in [4.69, 9.17) is 19.3 Å². The molecule has 0 radical (unpaired) electrons. The van der Waals surface area contributed by atoms with Gasteiger partial charge in [0, 0.05) is 70.3 Å². The maximum atomic E-state index is 13.4. The van der Waals surface area contributed by atoms with Crippen LogP contribution in [0.15, 0.2) is 24.3 Å². The van der Waals surface area contributed by atoms with Crippen LogP contribution in [0, 0.1) is 18.8 Å². The first kappa shape index (κ1) is 30.5. The summed E-state index contributed by atoms with van der Waals surface area (Å²) >= 11 is 0. The predicted molar refractivity (Wildman–Crippen MR) is 157 cm³/mol. The highest BCUT2D eigenvalue weighted by molar-refractivity contribution is 5.79. The van der Waals surface area contributed by atoms with Crippen molar-refractivity contribution < 1.29 is 19.0 Å². The Bertz CT molecular complexity index is 1060. The normalized spacial score (nSPS) is 19.9. The molecule has 1 amide bonds. The number of carbonyl (C=O) groups excluding carboxylic acids is 1. The highest BCUT2D eigenvalue weighted by atomic mass is 16.5. The highest BCUT2D eigenvalue weighted by Crippen LogP contribution is 2.27. The fourth-order valence-corrected chi connectivity index (χ4v) is 5.99. The summed E-state index contributed by atoms with van der Waals surface area (Å²) < 4.78 is 18.3. The van der Waals surface area contributed by atoms with Gasteiger partial charge in [0.15, 0.2) is 0 Å². The van der Waals surface area contributed by atoms with Crippen molar-refractivity contribution in [1.82, 2.24) is 24.9 Å². The SMILES string of the molecule is COCCCCc1c(CN(CC(C)C)[C@@H]2CNC[C@H](C(=O)N3CCOCC3)C2)c(C)nn1-c1ccc(OC)cc1. The van der Waals surface area contributed by atoms with E-state index in [1.54, 1.807) is 14.2 Å². The molecule has 2 aromatic rings. The minimum atomic E-state index is 0.00291. The molecule has 1 aromatic heterocycles. The van der Waals surface area contributed by atoms with Gasteiger partial charge in [-0.3, -0.25) is 9.69 Å². The Morgan fingerprint density at radius 3 is 2.58 bits per heavy atom. The number of amides is 1. The van der Waals surface area contributed by atoms with Crippen LogP contribution in [0.1, 0.15) is 50.1 Å². The summed E-state index contributed by atoms with van der Waals surface area (Å²) in [6, 6.07) is 8.42. The lowest BCUT2D eigenvalue weighted by atomic mass is 9.92. The molecule has 2 fully saturated rings. The summed E-state index contributed by atoms with van der Waals surface area (Å²) in [5, 5.41) is 8.64. The van der Waals surface area contributed by atoms with E-state index in [0.29, 0.717) is 32.2 Å². The third-order valence-electron chi connectivity index (χ3n) is 8.10. The Kier molecular flexibility index (Phi) is 11.4. The van der Waals surface area contributed by atoms with Crippen LogP contribution in [-0.4, -0.2) is 98.3 Å². The lowest BCUT2D eigenvalue weighted by Gasteiger charge is -2.40. The number of hydrogen-bond donors (Lipinski definition) is 1. The molecule has 2 atom stereocenters. The molecule has 0 saturated carbocycles. The average molecular weight is 556 g/mol. The number of methoxy groups -OCH3 is 2. The molecule has 222 valence electrons. The topological polar surface area (TPSA) is 81.1 Å². The van der Waals surface area contributed by atoms with Crippen molar-refractivity contribution >= 4 is 5.91 Å². The third kappa shape index (κ3) is 7.84. The number of carbonyl (C=O) groups is 1. The summed E-state index contributed by atoms with van der Waals surface area (Å²) in [6.45, 7) is 13.6. The molecule has 1 aromatic carbocycles. The van der Waals surface area contributed by atoms with Gasteiger partial charge in [0.2, 0.25) is 5.91 Å². The number of aromatic nitrogens is 2. The minimum absolute atomic E-state index is 0.00291. The van der Waals surface area contributed by atoms with Crippen molar-refractivity contribution in [3.8, 4) is 11.4 Å². The Hall–Kier alpha value is -2.46. The van der Waals surface area contributed by atoms with Gasteiger partial charge in [0.05, 0.1) is 37.6 Å². The summed E-state index contributed by atoms with van der Waals surface area (Å²) in [7, 11) is 3.45. The van der Waals surface area contributed by atoms with Gasteiger partial charge in [0.25, 0.3) is 0 Å². The number of unbranched alkanes of at least 4 members (excludes halogenated alkanes) is 1. The van der Waals surface area contributed by atoms with E-state index in [2.05, 4.69) is 47.8 Å². The number of nitrogens with one attached hydrogen (secondary N) is 1. The van der Waals surface area contributed by atoms with E-state index < -0.39 is 0 Å². The quantitative estimate of drug-likeness (QED) is 0.379. The second-order valence-electron chi connectivity index (χ2n) is 11.6. The molecule has 2 aliphatic rings. The van der Waals surface area contributed by atoms with Crippen molar-refractivity contribution in [2.45, 2.75) is 59.0 Å². The molecule has 3 heterocycles. The number of nitrogens with zero attached hydrogens (tertiary/aromatic N) is 4. The number of aryl methyl sites for hydroxylation is 1. The zero-order valence-electron chi connectivity index (χ0n) is 25.2. The molecule has 4 rings (SSSR count). The lowest BCUT2D eigenvalue weighted by Crippen LogP contribution is -2.54. The Morgan fingerprint density at radius 2 is 1.90 bits per heavy atom. The molecule has 9 nitrogen and oxygen atoms in total.